The number of nitrogens with zero attached hydrogens (tertiary/aromatic N) is 1. The van der Waals surface area contributed by atoms with E-state index in [0.29, 0.717) is 6.54 Å². The third kappa shape index (κ3) is 4.78. The Kier molecular flexibility index (Phi) is 6.18. The standard InChI is InChI=1S/C17H27N3O2S/c1-11(2)16(19-13(4)21)17(22)18-9-12(3)20-7-5-15-14(10-20)6-8-23-15/h6,8,11-12,16H,5,7,9-10H2,1-4H3,(H,18,22)(H,19,21)/t12-,16+/m0/s1. The first-order valence-electron chi connectivity index (χ1n) is 8.22. The van der Waals surface area contributed by atoms with Crippen LogP contribution in [-0.4, -0.2) is 41.9 Å². The molecule has 5 nitrogen and oxygen atoms in total. The Hall–Kier alpha value is -1.40. The highest BCUT2D eigenvalue weighted by atomic mass is 32.1. The van der Waals surface area contributed by atoms with E-state index in [4.69, 9.17) is 0 Å². The highest BCUT2D eigenvalue weighted by Gasteiger charge is 2.25. The molecule has 2 N–H and O–H groups in total. The molecule has 0 bridgehead atoms. The maximum absolute atomic E-state index is 12.3. The average molecular weight is 337 g/mol. The van der Waals surface area contributed by atoms with Gasteiger partial charge in [0.25, 0.3) is 0 Å². The normalized spacial score (nSPS) is 17.4. The maximum Gasteiger partial charge on any atom is 0.242 e. The molecule has 128 valence electrons. The van der Waals surface area contributed by atoms with Crippen LogP contribution in [0.2, 0.25) is 0 Å². The zero-order valence-electron chi connectivity index (χ0n) is 14.4. The minimum absolute atomic E-state index is 0.0672. The van der Waals surface area contributed by atoms with Gasteiger partial charge in [0.2, 0.25) is 11.8 Å². The SMILES string of the molecule is CC(=O)N[C@@H](C(=O)NC[C@H](C)N1CCc2sccc2C1)C(C)C. The largest absolute Gasteiger partial charge is 0.353 e. The van der Waals surface area contributed by atoms with Gasteiger partial charge in [0.05, 0.1) is 0 Å². The van der Waals surface area contributed by atoms with Gasteiger partial charge in [0.1, 0.15) is 6.04 Å². The first kappa shape index (κ1) is 17.9. The molecular weight excluding hydrogens is 310 g/mol. The molecule has 0 saturated heterocycles. The second-order valence-corrected chi connectivity index (χ2v) is 7.61. The Morgan fingerprint density at radius 1 is 1.35 bits per heavy atom. The van der Waals surface area contributed by atoms with Crippen molar-refractivity contribution in [1.29, 1.82) is 0 Å². The number of hydrogen-bond donors (Lipinski definition) is 2. The molecule has 0 spiro atoms. The Morgan fingerprint density at radius 3 is 2.74 bits per heavy atom. The van der Waals surface area contributed by atoms with E-state index in [1.807, 2.05) is 25.2 Å². The molecule has 2 atom stereocenters. The van der Waals surface area contributed by atoms with Crippen molar-refractivity contribution in [3.05, 3.63) is 21.9 Å². The van der Waals surface area contributed by atoms with Crippen LogP contribution in [0.1, 0.15) is 38.1 Å². The van der Waals surface area contributed by atoms with Crippen molar-refractivity contribution in [3.8, 4) is 0 Å². The summed E-state index contributed by atoms with van der Waals surface area (Å²) in [6.07, 6.45) is 1.09. The molecule has 0 fully saturated rings. The van der Waals surface area contributed by atoms with Gasteiger partial charge in [-0.2, -0.15) is 0 Å². The third-order valence-electron chi connectivity index (χ3n) is 4.34. The van der Waals surface area contributed by atoms with Crippen molar-refractivity contribution in [2.24, 2.45) is 5.92 Å². The molecular formula is C17H27N3O2S. The summed E-state index contributed by atoms with van der Waals surface area (Å²) in [6, 6.07) is 2.00. The van der Waals surface area contributed by atoms with Crippen LogP contribution < -0.4 is 10.6 Å². The first-order valence-corrected chi connectivity index (χ1v) is 9.10. The van der Waals surface area contributed by atoms with Crippen LogP contribution >= 0.6 is 11.3 Å². The molecule has 0 saturated carbocycles. The van der Waals surface area contributed by atoms with Crippen molar-refractivity contribution >= 4 is 23.2 Å². The molecule has 0 unspecified atom stereocenters. The summed E-state index contributed by atoms with van der Waals surface area (Å²) in [7, 11) is 0. The molecule has 2 rings (SSSR count). The van der Waals surface area contributed by atoms with E-state index in [0.717, 1.165) is 19.5 Å². The predicted octanol–water partition coefficient (Wildman–Crippen LogP) is 1.77. The van der Waals surface area contributed by atoms with Crippen molar-refractivity contribution in [1.82, 2.24) is 15.5 Å². The van der Waals surface area contributed by atoms with Gasteiger partial charge in [-0.05, 0) is 36.3 Å². The zero-order valence-corrected chi connectivity index (χ0v) is 15.2. The molecule has 1 aromatic heterocycles. The molecule has 1 aliphatic heterocycles. The summed E-state index contributed by atoms with van der Waals surface area (Å²) >= 11 is 1.83. The smallest absolute Gasteiger partial charge is 0.242 e. The third-order valence-corrected chi connectivity index (χ3v) is 5.36. The lowest BCUT2D eigenvalue weighted by molar-refractivity contribution is -0.129. The number of fused-ring (bicyclic) bond motifs is 1. The second kappa shape index (κ2) is 7.93. The van der Waals surface area contributed by atoms with Crippen LogP contribution in [0.5, 0.6) is 0 Å². The summed E-state index contributed by atoms with van der Waals surface area (Å²) in [5.74, 6) is -0.208. The lowest BCUT2D eigenvalue weighted by atomic mass is 10.0. The highest BCUT2D eigenvalue weighted by Crippen LogP contribution is 2.24. The summed E-state index contributed by atoms with van der Waals surface area (Å²) in [5.41, 5.74) is 1.41. The van der Waals surface area contributed by atoms with Gasteiger partial charge >= 0.3 is 0 Å². The van der Waals surface area contributed by atoms with E-state index < -0.39 is 6.04 Å². The van der Waals surface area contributed by atoms with Crippen LogP contribution in [-0.2, 0) is 22.6 Å². The minimum Gasteiger partial charge on any atom is -0.353 e. The van der Waals surface area contributed by atoms with Gasteiger partial charge in [-0.1, -0.05) is 13.8 Å². The number of carbonyl (C=O) groups is 2. The zero-order chi connectivity index (χ0) is 17.0. The van der Waals surface area contributed by atoms with Gasteiger partial charge < -0.3 is 10.6 Å². The highest BCUT2D eigenvalue weighted by molar-refractivity contribution is 7.10. The fraction of sp³-hybridized carbons (Fsp3) is 0.647. The van der Waals surface area contributed by atoms with Crippen LogP contribution in [0.25, 0.3) is 0 Å². The lowest BCUT2D eigenvalue weighted by Gasteiger charge is -2.33. The monoisotopic (exact) mass is 337 g/mol. The van der Waals surface area contributed by atoms with Gasteiger partial charge in [0.15, 0.2) is 0 Å². The van der Waals surface area contributed by atoms with Crippen LogP contribution in [0.3, 0.4) is 0 Å². The number of nitrogens with one attached hydrogen (secondary N) is 2. The van der Waals surface area contributed by atoms with Crippen LogP contribution in [0.4, 0.5) is 0 Å². The summed E-state index contributed by atoms with van der Waals surface area (Å²) < 4.78 is 0. The molecule has 2 amide bonds. The number of amides is 2. The van der Waals surface area contributed by atoms with E-state index >= 15 is 0 Å². The maximum atomic E-state index is 12.3. The van der Waals surface area contributed by atoms with Crippen LogP contribution in [0, 0.1) is 5.92 Å². The molecule has 0 aromatic carbocycles. The quantitative estimate of drug-likeness (QED) is 0.832. The molecule has 6 heteroatoms. The van der Waals surface area contributed by atoms with Gasteiger partial charge in [0, 0.05) is 37.5 Å². The number of thiophene rings is 1. The van der Waals surface area contributed by atoms with Crippen molar-refractivity contribution in [3.63, 3.8) is 0 Å². The second-order valence-electron chi connectivity index (χ2n) is 6.61. The molecule has 0 aliphatic carbocycles. The predicted molar refractivity (Wildman–Crippen MR) is 93.3 cm³/mol. The van der Waals surface area contributed by atoms with Crippen molar-refractivity contribution in [2.45, 2.75) is 52.7 Å². The Morgan fingerprint density at radius 2 is 2.09 bits per heavy atom. The van der Waals surface area contributed by atoms with Crippen LogP contribution in [0.15, 0.2) is 11.4 Å². The Balaban J connectivity index is 1.85. The van der Waals surface area contributed by atoms with E-state index in [-0.39, 0.29) is 23.8 Å². The number of carbonyl (C=O) groups excluding carboxylic acids is 2. The number of rotatable bonds is 6. The molecule has 1 aliphatic rings. The van der Waals surface area contributed by atoms with E-state index in [1.54, 1.807) is 0 Å². The fourth-order valence-corrected chi connectivity index (χ4v) is 3.78. The summed E-state index contributed by atoms with van der Waals surface area (Å²) in [4.78, 5) is 27.5. The molecule has 23 heavy (non-hydrogen) atoms. The minimum atomic E-state index is -0.468. The molecule has 2 heterocycles. The topological polar surface area (TPSA) is 61.4 Å². The van der Waals surface area contributed by atoms with E-state index in [9.17, 15) is 9.59 Å². The summed E-state index contributed by atoms with van der Waals surface area (Å²) in [6.45, 7) is 10.0. The van der Waals surface area contributed by atoms with Crippen molar-refractivity contribution < 1.29 is 9.59 Å². The van der Waals surface area contributed by atoms with E-state index in [1.165, 1.54) is 17.4 Å². The Labute approximate surface area is 142 Å². The molecule has 1 aromatic rings. The molecule has 0 radical (unpaired) electrons. The number of hydrogen-bond acceptors (Lipinski definition) is 4. The van der Waals surface area contributed by atoms with Gasteiger partial charge in [-0.3, -0.25) is 14.5 Å². The first-order chi connectivity index (χ1) is 10.9. The Bertz CT molecular complexity index is 556. The lowest BCUT2D eigenvalue weighted by Crippen LogP contribution is -2.52. The summed E-state index contributed by atoms with van der Waals surface area (Å²) in [5, 5.41) is 7.87. The van der Waals surface area contributed by atoms with Crippen molar-refractivity contribution in [2.75, 3.05) is 13.1 Å². The van der Waals surface area contributed by atoms with Gasteiger partial charge in [-0.15, -0.1) is 11.3 Å². The van der Waals surface area contributed by atoms with E-state index in [2.05, 4.69) is 33.9 Å². The van der Waals surface area contributed by atoms with Gasteiger partial charge in [-0.25, -0.2) is 0 Å². The average Bonchev–Trinajstić information content (AvgIpc) is 2.96. The fourth-order valence-electron chi connectivity index (χ4n) is 2.89.